The number of hydrogen-bond donors (Lipinski definition) is 2. The van der Waals surface area contributed by atoms with Gasteiger partial charge in [0, 0.05) is 23.6 Å². The van der Waals surface area contributed by atoms with Crippen LogP contribution in [0.5, 0.6) is 5.88 Å². The Morgan fingerprint density at radius 3 is 2.67 bits per heavy atom. The molecule has 0 saturated carbocycles. The minimum absolute atomic E-state index is 0.0388. The number of nitrogens with zero attached hydrogens (tertiary/aromatic N) is 1. The number of carbonyl (C=O) groups is 1. The molecule has 1 aromatic heterocycles. The normalized spacial score (nSPS) is 15.8. The first-order valence-electron chi connectivity index (χ1n) is 11.2. The lowest BCUT2D eigenvalue weighted by Gasteiger charge is -2.23. The first kappa shape index (κ1) is 25.1. The van der Waals surface area contributed by atoms with Crippen LogP contribution in [0.3, 0.4) is 0 Å². The number of sulfonamides is 1. The zero-order valence-electron chi connectivity index (χ0n) is 19.4. The van der Waals surface area contributed by atoms with Crippen LogP contribution in [0.25, 0.3) is 0 Å². The first-order chi connectivity index (χ1) is 15.6. The van der Waals surface area contributed by atoms with E-state index in [-0.39, 0.29) is 17.9 Å². The summed E-state index contributed by atoms with van der Waals surface area (Å²) < 4.78 is 45.2. The third-order valence-electron chi connectivity index (χ3n) is 5.90. The lowest BCUT2D eigenvalue weighted by atomic mass is 9.93. The second-order valence-corrected chi connectivity index (χ2v) is 10.5. The minimum Gasteiger partial charge on any atom is -0.477 e. The SMILES string of the molecule is Cc1ccc(CCC(=O)C(C)c2ccc(NS(C)(=O)=O)c(F)c2)c(OCC2CCNCC2)n1. The summed E-state index contributed by atoms with van der Waals surface area (Å²) in [6, 6.07) is 7.97. The molecule has 33 heavy (non-hydrogen) atoms. The molecular formula is C24H32FN3O4S. The first-order valence-corrected chi connectivity index (χ1v) is 13.1. The molecule has 1 unspecified atom stereocenters. The molecule has 0 amide bonds. The molecule has 180 valence electrons. The van der Waals surface area contributed by atoms with Crippen LogP contribution in [-0.4, -0.2) is 45.1 Å². The van der Waals surface area contributed by atoms with Crippen LogP contribution >= 0.6 is 0 Å². The average molecular weight is 478 g/mol. The average Bonchev–Trinajstić information content (AvgIpc) is 2.77. The summed E-state index contributed by atoms with van der Waals surface area (Å²) in [6.07, 6.45) is 3.85. The van der Waals surface area contributed by atoms with Gasteiger partial charge in [0.15, 0.2) is 0 Å². The number of halogens is 1. The highest BCUT2D eigenvalue weighted by Gasteiger charge is 2.20. The molecule has 9 heteroatoms. The molecule has 0 spiro atoms. The van der Waals surface area contributed by atoms with Crippen LogP contribution in [0.1, 0.15) is 48.9 Å². The minimum atomic E-state index is -3.59. The van der Waals surface area contributed by atoms with Gasteiger partial charge in [-0.1, -0.05) is 19.1 Å². The lowest BCUT2D eigenvalue weighted by molar-refractivity contribution is -0.120. The summed E-state index contributed by atoms with van der Waals surface area (Å²) in [5.74, 6) is -0.198. The smallest absolute Gasteiger partial charge is 0.229 e. The van der Waals surface area contributed by atoms with Crippen molar-refractivity contribution in [1.82, 2.24) is 10.3 Å². The van der Waals surface area contributed by atoms with Crippen LogP contribution in [0.15, 0.2) is 30.3 Å². The summed E-state index contributed by atoms with van der Waals surface area (Å²) in [4.78, 5) is 17.4. The maximum absolute atomic E-state index is 14.3. The van der Waals surface area contributed by atoms with Gasteiger partial charge in [-0.3, -0.25) is 9.52 Å². The van der Waals surface area contributed by atoms with Gasteiger partial charge in [0.2, 0.25) is 15.9 Å². The van der Waals surface area contributed by atoms with Crippen molar-refractivity contribution >= 4 is 21.5 Å². The largest absolute Gasteiger partial charge is 0.477 e. The highest BCUT2D eigenvalue weighted by molar-refractivity contribution is 7.92. The summed E-state index contributed by atoms with van der Waals surface area (Å²) in [5, 5.41) is 3.34. The Bertz CT molecular complexity index is 1090. The van der Waals surface area contributed by atoms with E-state index in [9.17, 15) is 17.6 Å². The van der Waals surface area contributed by atoms with Gasteiger partial charge in [-0.2, -0.15) is 0 Å². The van der Waals surface area contributed by atoms with E-state index in [4.69, 9.17) is 4.74 Å². The van der Waals surface area contributed by atoms with Crippen molar-refractivity contribution in [1.29, 1.82) is 0 Å². The topological polar surface area (TPSA) is 97.4 Å². The Morgan fingerprint density at radius 1 is 1.27 bits per heavy atom. The Labute approximate surface area is 195 Å². The number of pyridine rings is 1. The zero-order chi connectivity index (χ0) is 24.0. The summed E-state index contributed by atoms with van der Waals surface area (Å²) in [6.45, 7) is 6.25. The molecule has 1 aliphatic rings. The Balaban J connectivity index is 1.62. The summed E-state index contributed by atoms with van der Waals surface area (Å²) >= 11 is 0. The predicted molar refractivity (Wildman–Crippen MR) is 127 cm³/mol. The molecule has 2 aromatic rings. The predicted octanol–water partition coefficient (Wildman–Crippen LogP) is 3.58. The van der Waals surface area contributed by atoms with Gasteiger partial charge in [-0.05, 0) is 69.0 Å². The van der Waals surface area contributed by atoms with Crippen molar-refractivity contribution in [2.75, 3.05) is 30.7 Å². The van der Waals surface area contributed by atoms with Crippen LogP contribution in [0.4, 0.5) is 10.1 Å². The van der Waals surface area contributed by atoms with Crippen LogP contribution in [0, 0.1) is 18.7 Å². The Kier molecular flexibility index (Phi) is 8.42. The van der Waals surface area contributed by atoms with Crippen LogP contribution in [0.2, 0.25) is 0 Å². The van der Waals surface area contributed by atoms with Crippen molar-refractivity contribution < 1.29 is 22.3 Å². The number of ether oxygens (including phenoxy) is 1. The Hall–Kier alpha value is -2.52. The van der Waals surface area contributed by atoms with Gasteiger partial charge >= 0.3 is 0 Å². The van der Waals surface area contributed by atoms with Gasteiger partial charge in [-0.15, -0.1) is 0 Å². The fraction of sp³-hybridized carbons (Fsp3) is 0.500. The van der Waals surface area contributed by atoms with Crippen molar-refractivity contribution in [2.45, 2.75) is 45.4 Å². The Morgan fingerprint density at radius 2 is 2.00 bits per heavy atom. The number of Topliss-reactive ketones (excluding diaryl/α,β-unsaturated/α-hetero) is 1. The van der Waals surface area contributed by atoms with Gasteiger partial charge in [-0.25, -0.2) is 17.8 Å². The van der Waals surface area contributed by atoms with E-state index in [1.54, 1.807) is 13.0 Å². The van der Waals surface area contributed by atoms with Gasteiger partial charge in [0.05, 0.1) is 18.6 Å². The summed E-state index contributed by atoms with van der Waals surface area (Å²) in [5.41, 5.74) is 2.11. The van der Waals surface area contributed by atoms with E-state index < -0.39 is 21.8 Å². The fourth-order valence-electron chi connectivity index (χ4n) is 3.87. The van der Waals surface area contributed by atoms with Gasteiger partial charge in [0.1, 0.15) is 11.6 Å². The molecule has 1 aliphatic heterocycles. The molecule has 2 N–H and O–H groups in total. The van der Waals surface area contributed by atoms with E-state index in [0.717, 1.165) is 43.4 Å². The van der Waals surface area contributed by atoms with Crippen molar-refractivity contribution in [3.8, 4) is 5.88 Å². The van der Waals surface area contributed by atoms with E-state index in [0.29, 0.717) is 30.4 Å². The monoisotopic (exact) mass is 477 g/mol. The molecule has 1 atom stereocenters. The molecule has 7 nitrogen and oxygen atoms in total. The van der Waals surface area contributed by atoms with E-state index in [2.05, 4.69) is 15.0 Å². The fourth-order valence-corrected chi connectivity index (χ4v) is 4.43. The molecule has 1 fully saturated rings. The van der Waals surface area contributed by atoms with Gasteiger partial charge in [0.25, 0.3) is 0 Å². The van der Waals surface area contributed by atoms with E-state index in [1.807, 2.05) is 19.1 Å². The number of nitrogens with one attached hydrogen (secondary N) is 2. The standard InChI is InChI=1S/C24H32FN3O4S/c1-16-4-5-19(24(27-16)32-15-18-10-12-26-13-11-18)7-9-23(29)17(2)20-6-8-22(21(25)14-20)28-33(3,30)31/h4-6,8,14,17-18,26,28H,7,9-13,15H2,1-3H3. The number of aromatic nitrogens is 1. The molecule has 1 saturated heterocycles. The molecule has 0 bridgehead atoms. The molecule has 2 heterocycles. The highest BCUT2D eigenvalue weighted by atomic mass is 32.2. The number of piperidine rings is 1. The zero-order valence-corrected chi connectivity index (χ0v) is 20.2. The van der Waals surface area contributed by atoms with Crippen LogP contribution < -0.4 is 14.8 Å². The van der Waals surface area contributed by atoms with Gasteiger partial charge < -0.3 is 10.1 Å². The van der Waals surface area contributed by atoms with Crippen LogP contribution in [-0.2, 0) is 21.2 Å². The number of ketones is 1. The highest BCUT2D eigenvalue weighted by Crippen LogP contribution is 2.26. The van der Waals surface area contributed by atoms with E-state index >= 15 is 0 Å². The third kappa shape index (κ3) is 7.50. The second-order valence-electron chi connectivity index (χ2n) is 8.72. The van der Waals surface area contributed by atoms with E-state index in [1.165, 1.54) is 12.1 Å². The molecule has 1 aromatic carbocycles. The summed E-state index contributed by atoms with van der Waals surface area (Å²) in [7, 11) is -3.59. The number of hydrogen-bond acceptors (Lipinski definition) is 6. The number of rotatable bonds is 10. The van der Waals surface area contributed by atoms with Crippen molar-refractivity contribution in [3.63, 3.8) is 0 Å². The third-order valence-corrected chi connectivity index (χ3v) is 6.50. The molecule has 0 radical (unpaired) electrons. The van der Waals surface area contributed by atoms with Crippen molar-refractivity contribution in [3.05, 3.63) is 53.0 Å². The lowest BCUT2D eigenvalue weighted by Crippen LogP contribution is -2.30. The number of benzene rings is 1. The molecule has 3 rings (SSSR count). The van der Waals surface area contributed by atoms with Crippen molar-refractivity contribution in [2.24, 2.45) is 5.92 Å². The maximum atomic E-state index is 14.3. The second kappa shape index (κ2) is 11.1. The molecular weight excluding hydrogens is 445 g/mol. The number of carbonyl (C=O) groups excluding carboxylic acids is 1. The molecule has 0 aliphatic carbocycles. The number of aryl methyl sites for hydroxylation is 2. The quantitative estimate of drug-likeness (QED) is 0.543. The number of anilines is 1. The maximum Gasteiger partial charge on any atom is 0.229 e.